The predicted molar refractivity (Wildman–Crippen MR) is 131 cm³/mol. The zero-order valence-electron chi connectivity index (χ0n) is 20.5. The van der Waals surface area contributed by atoms with Crippen LogP contribution in [0, 0.1) is 11.6 Å². The minimum absolute atomic E-state index is 0.150. The highest BCUT2D eigenvalue weighted by atomic mass is 32.2. The van der Waals surface area contributed by atoms with Gasteiger partial charge in [0.15, 0.2) is 0 Å². The number of benzene rings is 2. The van der Waals surface area contributed by atoms with E-state index in [4.69, 9.17) is 0 Å². The maximum absolute atomic E-state index is 14.6. The van der Waals surface area contributed by atoms with Gasteiger partial charge in [-0.2, -0.15) is 12.7 Å². The first-order valence-electron chi connectivity index (χ1n) is 11.2. The molecule has 0 heterocycles. The van der Waals surface area contributed by atoms with Crippen LogP contribution in [0.3, 0.4) is 0 Å². The number of para-hydroxylation sites is 1. The molecule has 0 unspecified atom stereocenters. The van der Waals surface area contributed by atoms with Crippen LogP contribution in [-0.2, 0) is 26.3 Å². The van der Waals surface area contributed by atoms with Gasteiger partial charge in [-0.3, -0.25) is 9.59 Å². The quantitative estimate of drug-likeness (QED) is 0.503. The Morgan fingerprint density at radius 3 is 2.09 bits per heavy atom. The lowest BCUT2D eigenvalue weighted by molar-refractivity contribution is -0.139. The van der Waals surface area contributed by atoms with Gasteiger partial charge in [0.25, 0.3) is 0 Å². The Labute approximate surface area is 205 Å². The van der Waals surface area contributed by atoms with Gasteiger partial charge >= 0.3 is 10.2 Å². The highest BCUT2D eigenvalue weighted by molar-refractivity contribution is 7.90. The molecule has 8 nitrogen and oxygen atoms in total. The van der Waals surface area contributed by atoms with Crippen molar-refractivity contribution in [1.29, 1.82) is 0 Å². The largest absolute Gasteiger partial charge is 0.352 e. The van der Waals surface area contributed by atoms with Crippen molar-refractivity contribution in [2.24, 2.45) is 0 Å². The van der Waals surface area contributed by atoms with E-state index in [1.54, 1.807) is 13.0 Å². The van der Waals surface area contributed by atoms with Crippen LogP contribution in [-0.4, -0.2) is 62.2 Å². The third kappa shape index (κ3) is 6.98. The van der Waals surface area contributed by atoms with E-state index in [1.807, 2.05) is 6.92 Å². The fourth-order valence-corrected chi connectivity index (χ4v) is 4.28. The third-order valence-electron chi connectivity index (χ3n) is 5.61. The highest BCUT2D eigenvalue weighted by Crippen LogP contribution is 2.24. The van der Waals surface area contributed by atoms with Gasteiger partial charge in [0.2, 0.25) is 11.8 Å². The number of amides is 2. The van der Waals surface area contributed by atoms with E-state index >= 15 is 0 Å². The first-order valence-corrected chi connectivity index (χ1v) is 12.6. The molecule has 2 aromatic rings. The summed E-state index contributed by atoms with van der Waals surface area (Å²) in [5.74, 6) is -2.69. The molecular weight excluding hydrogens is 478 g/mol. The molecule has 0 aliphatic carbocycles. The number of nitrogens with one attached hydrogen (secondary N) is 1. The van der Waals surface area contributed by atoms with Crippen molar-refractivity contribution < 1.29 is 26.8 Å². The summed E-state index contributed by atoms with van der Waals surface area (Å²) in [5, 5.41) is 2.78. The van der Waals surface area contributed by atoms with Crippen LogP contribution in [0.15, 0.2) is 48.5 Å². The summed E-state index contributed by atoms with van der Waals surface area (Å²) in [6.07, 6.45) is 0.655. The molecule has 11 heteroatoms. The van der Waals surface area contributed by atoms with E-state index in [9.17, 15) is 26.8 Å². The van der Waals surface area contributed by atoms with E-state index in [1.165, 1.54) is 57.4 Å². The minimum Gasteiger partial charge on any atom is -0.352 e. The van der Waals surface area contributed by atoms with Crippen LogP contribution < -0.4 is 9.62 Å². The molecule has 0 fully saturated rings. The molecule has 2 atom stereocenters. The maximum Gasteiger partial charge on any atom is 0.304 e. The molecule has 0 aliphatic heterocycles. The zero-order valence-corrected chi connectivity index (χ0v) is 21.4. The number of halogens is 2. The second-order valence-electron chi connectivity index (χ2n) is 8.36. The molecule has 0 spiro atoms. The van der Waals surface area contributed by atoms with Crippen LogP contribution in [0.5, 0.6) is 0 Å². The average molecular weight is 511 g/mol. The summed E-state index contributed by atoms with van der Waals surface area (Å²) in [6, 6.07) is 9.72. The minimum atomic E-state index is -4.29. The molecule has 0 aromatic heterocycles. The standard InChI is InChI=1S/C24H32F2N4O4S/c1-6-17(2)27-24(32)18(3)29(15-19-11-7-8-12-20(19)25)23(31)16-30(35(33,34)28(4)5)22-14-10-9-13-21(22)26/h7-14,17-18H,6,15-16H2,1-5H3,(H,27,32)/t17-,18-/m0/s1. The summed E-state index contributed by atoms with van der Waals surface area (Å²) >= 11 is 0. The first kappa shape index (κ1) is 28.2. The lowest BCUT2D eigenvalue weighted by Gasteiger charge is -2.33. The SMILES string of the molecule is CC[C@H](C)NC(=O)[C@H](C)N(Cc1ccccc1F)C(=O)CN(c1ccccc1F)S(=O)(=O)N(C)C. The topological polar surface area (TPSA) is 90.0 Å². The lowest BCUT2D eigenvalue weighted by atomic mass is 10.1. The first-order chi connectivity index (χ1) is 16.4. The molecule has 35 heavy (non-hydrogen) atoms. The van der Waals surface area contributed by atoms with Gasteiger partial charge < -0.3 is 10.2 Å². The van der Waals surface area contributed by atoms with Crippen molar-refractivity contribution in [2.45, 2.75) is 45.8 Å². The van der Waals surface area contributed by atoms with Crippen molar-refractivity contribution in [2.75, 3.05) is 24.9 Å². The van der Waals surface area contributed by atoms with Crippen LogP contribution in [0.4, 0.5) is 14.5 Å². The summed E-state index contributed by atoms with van der Waals surface area (Å²) in [4.78, 5) is 27.4. The van der Waals surface area contributed by atoms with Crippen molar-refractivity contribution in [3.8, 4) is 0 Å². The smallest absolute Gasteiger partial charge is 0.304 e. The Balaban J connectivity index is 2.48. The van der Waals surface area contributed by atoms with Gasteiger partial charge in [-0.1, -0.05) is 37.3 Å². The van der Waals surface area contributed by atoms with E-state index in [2.05, 4.69) is 5.32 Å². The monoisotopic (exact) mass is 510 g/mol. The Morgan fingerprint density at radius 1 is 0.971 bits per heavy atom. The number of carbonyl (C=O) groups is 2. The summed E-state index contributed by atoms with van der Waals surface area (Å²) < 4.78 is 56.5. The summed E-state index contributed by atoms with van der Waals surface area (Å²) in [7, 11) is -1.77. The number of carbonyl (C=O) groups excluding carboxylic acids is 2. The van der Waals surface area contributed by atoms with Crippen molar-refractivity contribution >= 4 is 27.7 Å². The number of hydrogen-bond acceptors (Lipinski definition) is 4. The van der Waals surface area contributed by atoms with Gasteiger partial charge in [-0.25, -0.2) is 13.1 Å². The zero-order chi connectivity index (χ0) is 26.3. The molecule has 0 saturated heterocycles. The van der Waals surface area contributed by atoms with Gasteiger partial charge in [0.05, 0.1) is 5.69 Å². The lowest BCUT2D eigenvalue weighted by Crippen LogP contribution is -2.53. The number of hydrogen-bond donors (Lipinski definition) is 1. The van der Waals surface area contributed by atoms with Gasteiger partial charge in [0.1, 0.15) is 24.2 Å². The number of rotatable bonds is 11. The average Bonchev–Trinajstić information content (AvgIpc) is 2.81. The Bertz CT molecular complexity index is 1140. The van der Waals surface area contributed by atoms with Crippen molar-refractivity contribution in [3.05, 3.63) is 65.7 Å². The predicted octanol–water partition coefficient (Wildman–Crippen LogP) is 2.91. The summed E-state index contributed by atoms with van der Waals surface area (Å²) in [6.45, 7) is 4.09. The van der Waals surface area contributed by atoms with Gasteiger partial charge in [0, 0.05) is 32.2 Å². The fourth-order valence-electron chi connectivity index (χ4n) is 3.21. The molecular formula is C24H32F2N4O4S. The van der Waals surface area contributed by atoms with Gasteiger partial charge in [-0.05, 0) is 38.5 Å². The molecule has 2 rings (SSSR count). The van der Waals surface area contributed by atoms with E-state index in [0.29, 0.717) is 10.7 Å². The van der Waals surface area contributed by atoms with Crippen LogP contribution in [0.2, 0.25) is 0 Å². The second kappa shape index (κ2) is 12.1. The van der Waals surface area contributed by atoms with E-state index < -0.39 is 46.2 Å². The molecule has 192 valence electrons. The molecule has 2 amide bonds. The molecule has 0 radical (unpaired) electrons. The van der Waals surface area contributed by atoms with Crippen molar-refractivity contribution in [1.82, 2.24) is 14.5 Å². The van der Waals surface area contributed by atoms with Crippen LogP contribution in [0.25, 0.3) is 0 Å². The summed E-state index contributed by atoms with van der Waals surface area (Å²) in [5.41, 5.74) is -0.172. The molecule has 1 N–H and O–H groups in total. The second-order valence-corrected chi connectivity index (χ2v) is 10.4. The van der Waals surface area contributed by atoms with Crippen LogP contribution in [0.1, 0.15) is 32.8 Å². The normalized spacial score (nSPS) is 13.3. The Morgan fingerprint density at radius 2 is 1.54 bits per heavy atom. The third-order valence-corrected chi connectivity index (χ3v) is 7.41. The van der Waals surface area contributed by atoms with Crippen molar-refractivity contribution in [3.63, 3.8) is 0 Å². The highest BCUT2D eigenvalue weighted by Gasteiger charge is 2.34. The maximum atomic E-state index is 14.6. The molecule has 2 aromatic carbocycles. The molecule has 0 aliphatic rings. The van der Waals surface area contributed by atoms with Crippen LogP contribution >= 0.6 is 0 Å². The Kier molecular flexibility index (Phi) is 9.73. The Hall–Kier alpha value is -3.05. The number of anilines is 1. The fraction of sp³-hybridized carbons (Fsp3) is 0.417. The molecule has 0 saturated carbocycles. The van der Waals surface area contributed by atoms with E-state index in [-0.39, 0.29) is 23.8 Å². The van der Waals surface area contributed by atoms with Gasteiger partial charge in [-0.15, -0.1) is 0 Å². The number of nitrogens with zero attached hydrogens (tertiary/aromatic N) is 3. The van der Waals surface area contributed by atoms with E-state index in [0.717, 1.165) is 15.3 Å². The molecule has 0 bridgehead atoms.